The number of hydrogen-bond acceptors (Lipinski definition) is 1. The van der Waals surface area contributed by atoms with Crippen LogP contribution in [0, 0.1) is 0 Å². The lowest BCUT2D eigenvalue weighted by atomic mass is 9.97. The van der Waals surface area contributed by atoms with E-state index in [1.165, 1.54) is 72.1 Å². The van der Waals surface area contributed by atoms with E-state index in [9.17, 15) is 0 Å². The van der Waals surface area contributed by atoms with Crippen LogP contribution in [0.3, 0.4) is 0 Å². The number of rotatable bonds is 4. The molecule has 3 aliphatic rings. The fraction of sp³-hybridized carbons (Fsp3) is 0.125. The molecule has 3 aliphatic carbocycles. The Morgan fingerprint density at radius 2 is 1.12 bits per heavy atom. The monoisotopic (exact) mass is 656 g/mol. The third-order valence-electron chi connectivity index (χ3n) is 11.3. The van der Waals surface area contributed by atoms with E-state index in [1.807, 2.05) is 6.07 Å². The molecule has 3 heterocycles. The number of aromatic nitrogens is 2. The van der Waals surface area contributed by atoms with Gasteiger partial charge in [-0.1, -0.05) is 91.1 Å². The summed E-state index contributed by atoms with van der Waals surface area (Å²) in [5, 5.41) is 6.19. The molecule has 11 rings (SSSR count). The first-order valence-electron chi connectivity index (χ1n) is 18.4. The van der Waals surface area contributed by atoms with Crippen LogP contribution >= 0.6 is 0 Å². The Balaban J connectivity index is 1.12. The first kappa shape index (κ1) is 28.7. The fourth-order valence-corrected chi connectivity index (χ4v) is 8.94. The quantitative estimate of drug-likeness (QED) is 0.185. The Bertz CT molecular complexity index is 2910. The lowest BCUT2D eigenvalue weighted by Crippen LogP contribution is -2.05. The van der Waals surface area contributed by atoms with Crippen molar-refractivity contribution in [2.24, 2.45) is 0 Å². The number of hydrogen-bond donors (Lipinski definition) is 0. The van der Waals surface area contributed by atoms with Crippen molar-refractivity contribution in [2.45, 2.75) is 38.5 Å². The normalized spacial score (nSPS) is 15.8. The molecule has 0 unspecified atom stereocenters. The van der Waals surface area contributed by atoms with Crippen LogP contribution in [0.25, 0.3) is 94.4 Å². The highest BCUT2D eigenvalue weighted by Gasteiger charge is 2.22. The summed E-state index contributed by atoms with van der Waals surface area (Å²) in [5.74, 6) is 0. The third kappa shape index (κ3) is 4.37. The molecule has 3 aromatic heterocycles. The minimum atomic E-state index is 0.927. The molecule has 0 amide bonds. The maximum atomic E-state index is 6.49. The molecule has 0 saturated carbocycles. The predicted octanol–water partition coefficient (Wildman–Crippen LogP) is 13.3. The number of para-hydroxylation sites is 2. The van der Waals surface area contributed by atoms with Crippen molar-refractivity contribution in [3.8, 4) is 22.3 Å². The molecule has 51 heavy (non-hydrogen) atoms. The SMILES string of the molecule is C1=CCCC(n2c3c(c4cc(-c5ccc6c(c5)c5cc(-c7cccc8c7oc7ccccc78)ccc5n6C5=CC=CCC5)ccc42)C=CCC3)=C1. The minimum Gasteiger partial charge on any atom is -0.455 e. The van der Waals surface area contributed by atoms with Crippen LogP contribution in [-0.2, 0) is 6.42 Å². The van der Waals surface area contributed by atoms with E-state index < -0.39 is 0 Å². The van der Waals surface area contributed by atoms with Crippen LogP contribution in [0.4, 0.5) is 0 Å². The summed E-state index contributed by atoms with van der Waals surface area (Å²) < 4.78 is 11.5. The first-order valence-corrected chi connectivity index (χ1v) is 18.4. The van der Waals surface area contributed by atoms with Crippen LogP contribution in [0.5, 0.6) is 0 Å². The molecular weight excluding hydrogens is 621 g/mol. The van der Waals surface area contributed by atoms with Gasteiger partial charge in [0.05, 0.1) is 16.6 Å². The Kier molecular flexibility index (Phi) is 6.33. The molecule has 8 aromatic rings. The molecule has 0 radical (unpaired) electrons. The molecule has 0 N–H and O–H groups in total. The van der Waals surface area contributed by atoms with Gasteiger partial charge in [0.2, 0.25) is 0 Å². The van der Waals surface area contributed by atoms with Crippen LogP contribution in [0.15, 0.2) is 144 Å². The average Bonchev–Trinajstić information content (AvgIpc) is 3.85. The summed E-state index contributed by atoms with van der Waals surface area (Å²) in [6, 6.07) is 36.0. The van der Waals surface area contributed by atoms with E-state index in [-0.39, 0.29) is 0 Å². The van der Waals surface area contributed by atoms with Crippen LogP contribution in [0.2, 0.25) is 0 Å². The van der Waals surface area contributed by atoms with Gasteiger partial charge in [0.15, 0.2) is 0 Å². The number of fused-ring (bicyclic) bond motifs is 9. The van der Waals surface area contributed by atoms with Gasteiger partial charge in [0, 0.05) is 55.1 Å². The topological polar surface area (TPSA) is 23.0 Å². The highest BCUT2D eigenvalue weighted by Crippen LogP contribution is 2.42. The van der Waals surface area contributed by atoms with Gasteiger partial charge in [-0.2, -0.15) is 0 Å². The van der Waals surface area contributed by atoms with Gasteiger partial charge < -0.3 is 13.6 Å². The molecular formula is C48H36N2O. The van der Waals surface area contributed by atoms with Crippen molar-refractivity contribution in [1.29, 1.82) is 0 Å². The molecule has 3 nitrogen and oxygen atoms in total. The van der Waals surface area contributed by atoms with Gasteiger partial charge in [-0.3, -0.25) is 0 Å². The molecule has 3 heteroatoms. The lowest BCUT2D eigenvalue weighted by molar-refractivity contribution is 0.670. The predicted molar refractivity (Wildman–Crippen MR) is 216 cm³/mol. The van der Waals surface area contributed by atoms with Gasteiger partial charge in [-0.25, -0.2) is 0 Å². The van der Waals surface area contributed by atoms with E-state index in [2.05, 4.69) is 149 Å². The second-order valence-electron chi connectivity index (χ2n) is 14.2. The maximum absolute atomic E-state index is 6.49. The second-order valence-corrected chi connectivity index (χ2v) is 14.2. The van der Waals surface area contributed by atoms with Gasteiger partial charge in [-0.15, -0.1) is 0 Å². The van der Waals surface area contributed by atoms with Crippen LogP contribution in [-0.4, -0.2) is 9.13 Å². The summed E-state index contributed by atoms with van der Waals surface area (Å²) in [6.07, 6.45) is 24.7. The Hall–Kier alpha value is -6.06. The number of allylic oxidation sites excluding steroid dienone is 9. The van der Waals surface area contributed by atoms with Crippen molar-refractivity contribution in [3.05, 3.63) is 151 Å². The summed E-state index contributed by atoms with van der Waals surface area (Å²) in [4.78, 5) is 0. The zero-order valence-corrected chi connectivity index (χ0v) is 28.4. The molecule has 0 saturated heterocycles. The highest BCUT2D eigenvalue weighted by atomic mass is 16.3. The van der Waals surface area contributed by atoms with E-state index >= 15 is 0 Å². The Labute approximate surface area is 296 Å². The number of furan rings is 1. The summed E-state index contributed by atoms with van der Waals surface area (Å²) in [5.41, 5.74) is 16.0. The zero-order chi connectivity index (χ0) is 33.5. The van der Waals surface area contributed by atoms with E-state index in [0.717, 1.165) is 66.0 Å². The smallest absolute Gasteiger partial charge is 0.143 e. The van der Waals surface area contributed by atoms with Crippen molar-refractivity contribution in [3.63, 3.8) is 0 Å². The average molecular weight is 657 g/mol. The van der Waals surface area contributed by atoms with Crippen molar-refractivity contribution in [1.82, 2.24) is 9.13 Å². The van der Waals surface area contributed by atoms with Gasteiger partial charge in [0.1, 0.15) is 11.2 Å². The number of benzene rings is 5. The Morgan fingerprint density at radius 3 is 1.86 bits per heavy atom. The first-order chi connectivity index (χ1) is 25.3. The van der Waals surface area contributed by atoms with Crippen molar-refractivity contribution < 1.29 is 4.42 Å². The van der Waals surface area contributed by atoms with E-state index in [1.54, 1.807) is 0 Å². The summed E-state index contributed by atoms with van der Waals surface area (Å²) in [6.45, 7) is 0. The molecule has 5 aromatic carbocycles. The Morgan fingerprint density at radius 1 is 0.490 bits per heavy atom. The summed E-state index contributed by atoms with van der Waals surface area (Å²) in [7, 11) is 0. The van der Waals surface area contributed by atoms with Gasteiger partial charge in [0.25, 0.3) is 0 Å². The van der Waals surface area contributed by atoms with Crippen LogP contribution in [0.1, 0.15) is 43.4 Å². The van der Waals surface area contributed by atoms with Gasteiger partial charge in [-0.05, 0) is 110 Å². The zero-order valence-electron chi connectivity index (χ0n) is 28.4. The molecule has 0 aliphatic heterocycles. The van der Waals surface area contributed by atoms with Crippen molar-refractivity contribution in [2.75, 3.05) is 0 Å². The molecule has 244 valence electrons. The fourth-order valence-electron chi connectivity index (χ4n) is 8.94. The molecule has 0 atom stereocenters. The maximum Gasteiger partial charge on any atom is 0.143 e. The number of nitrogens with zero attached hydrogens (tertiary/aromatic N) is 2. The van der Waals surface area contributed by atoms with Crippen LogP contribution < -0.4 is 0 Å². The molecule has 0 bridgehead atoms. The highest BCUT2D eigenvalue weighted by molar-refractivity contribution is 6.14. The lowest BCUT2D eigenvalue weighted by Gasteiger charge is -2.17. The summed E-state index contributed by atoms with van der Waals surface area (Å²) >= 11 is 0. The largest absolute Gasteiger partial charge is 0.455 e. The standard InChI is InChI=1S/C48H36N2O/c1-3-12-34(13-4-1)49-43-20-9-7-16-37(43)40-28-31(22-25-44(40)49)32-23-26-45-41(29-32)42-30-33(24-27-46(42)50(45)35-14-5-2-6-15-35)36-18-11-19-39-38-17-8-10-21-47(38)51-48(36)39/h1-3,5,7-8,10-12,14,16-19,21-30H,4,6,9,13,15,20H2. The van der Waals surface area contributed by atoms with E-state index in [4.69, 9.17) is 4.42 Å². The second kappa shape index (κ2) is 11.2. The molecule has 0 spiro atoms. The van der Waals surface area contributed by atoms with E-state index in [0.29, 0.717) is 0 Å². The minimum absolute atomic E-state index is 0.927. The third-order valence-corrected chi connectivity index (χ3v) is 11.3. The van der Waals surface area contributed by atoms with Crippen molar-refractivity contribution >= 4 is 72.1 Å². The molecule has 0 fully saturated rings. The van der Waals surface area contributed by atoms with Gasteiger partial charge >= 0.3 is 0 Å².